The third-order valence-electron chi connectivity index (χ3n) is 4.39. The van der Waals surface area contributed by atoms with Gasteiger partial charge in [0.25, 0.3) is 0 Å². The Morgan fingerprint density at radius 1 is 1.35 bits per heavy atom. The molecule has 1 fully saturated rings. The molecule has 0 radical (unpaired) electrons. The summed E-state index contributed by atoms with van der Waals surface area (Å²) >= 11 is 0. The zero-order chi connectivity index (χ0) is 16.4. The van der Waals surface area contributed by atoms with E-state index in [0.717, 1.165) is 11.3 Å². The van der Waals surface area contributed by atoms with Crippen LogP contribution in [0.2, 0.25) is 0 Å². The maximum absolute atomic E-state index is 12.4. The second kappa shape index (κ2) is 6.48. The monoisotopic (exact) mass is 318 g/mol. The lowest BCUT2D eigenvalue weighted by Gasteiger charge is -2.22. The van der Waals surface area contributed by atoms with Crippen LogP contribution in [0, 0.1) is 5.92 Å². The second-order valence-electron chi connectivity index (χ2n) is 5.97. The Morgan fingerprint density at radius 3 is 2.78 bits per heavy atom. The molecular formula is C17H22N2O4. The van der Waals surface area contributed by atoms with Crippen molar-refractivity contribution in [3.63, 3.8) is 0 Å². The lowest BCUT2D eigenvalue weighted by atomic mass is 10.0. The zero-order valence-electron chi connectivity index (χ0n) is 13.5. The van der Waals surface area contributed by atoms with Gasteiger partial charge < -0.3 is 19.7 Å². The highest BCUT2D eigenvalue weighted by molar-refractivity contribution is 5.89. The molecule has 23 heavy (non-hydrogen) atoms. The molecule has 2 aliphatic heterocycles. The normalized spacial score (nSPS) is 21.2. The molecule has 2 atom stereocenters. The first-order valence-corrected chi connectivity index (χ1v) is 8.06. The van der Waals surface area contributed by atoms with E-state index in [1.54, 1.807) is 4.90 Å². The standard InChI is InChI=1S/C17H22N2O4/c1-3-19-10-13(9-16(19)20)17(21)18-11(2)12-4-5-14-15(8-12)23-7-6-22-14/h4-5,8,11,13H,3,6-7,9-10H2,1-2H3,(H,18,21). The minimum absolute atomic E-state index is 0.0552. The van der Waals surface area contributed by atoms with E-state index in [1.165, 1.54) is 0 Å². The lowest BCUT2D eigenvalue weighted by Crippen LogP contribution is -2.34. The average molecular weight is 318 g/mol. The van der Waals surface area contributed by atoms with Gasteiger partial charge in [0.15, 0.2) is 11.5 Å². The molecule has 2 heterocycles. The summed E-state index contributed by atoms with van der Waals surface area (Å²) in [7, 11) is 0. The molecular weight excluding hydrogens is 296 g/mol. The number of hydrogen-bond donors (Lipinski definition) is 1. The predicted octanol–water partition coefficient (Wildman–Crippen LogP) is 1.50. The molecule has 1 saturated heterocycles. The van der Waals surface area contributed by atoms with E-state index in [4.69, 9.17) is 9.47 Å². The molecule has 2 unspecified atom stereocenters. The van der Waals surface area contributed by atoms with Crippen LogP contribution in [-0.4, -0.2) is 43.0 Å². The number of amides is 2. The fourth-order valence-corrected chi connectivity index (χ4v) is 3.00. The third kappa shape index (κ3) is 3.25. The summed E-state index contributed by atoms with van der Waals surface area (Å²) in [5.74, 6) is 1.17. The zero-order valence-corrected chi connectivity index (χ0v) is 13.5. The predicted molar refractivity (Wildman–Crippen MR) is 84.4 cm³/mol. The van der Waals surface area contributed by atoms with Gasteiger partial charge >= 0.3 is 0 Å². The molecule has 3 rings (SSSR count). The van der Waals surface area contributed by atoms with Crippen LogP contribution in [-0.2, 0) is 9.59 Å². The molecule has 124 valence electrons. The van der Waals surface area contributed by atoms with Crippen molar-refractivity contribution in [2.45, 2.75) is 26.3 Å². The van der Waals surface area contributed by atoms with E-state index in [9.17, 15) is 9.59 Å². The summed E-state index contributed by atoms with van der Waals surface area (Å²) in [6, 6.07) is 5.54. The summed E-state index contributed by atoms with van der Waals surface area (Å²) in [5.41, 5.74) is 0.958. The van der Waals surface area contributed by atoms with Crippen molar-refractivity contribution < 1.29 is 19.1 Å². The summed E-state index contributed by atoms with van der Waals surface area (Å²) in [6.07, 6.45) is 0.299. The molecule has 0 aliphatic carbocycles. The first-order valence-electron chi connectivity index (χ1n) is 8.06. The van der Waals surface area contributed by atoms with Crippen LogP contribution < -0.4 is 14.8 Å². The van der Waals surface area contributed by atoms with E-state index in [1.807, 2.05) is 32.0 Å². The van der Waals surface area contributed by atoms with Crippen molar-refractivity contribution in [1.29, 1.82) is 0 Å². The number of nitrogens with one attached hydrogen (secondary N) is 1. The Balaban J connectivity index is 1.64. The number of carbonyl (C=O) groups is 2. The van der Waals surface area contributed by atoms with Gasteiger partial charge in [-0.25, -0.2) is 0 Å². The fourth-order valence-electron chi connectivity index (χ4n) is 3.00. The number of likely N-dealkylation sites (tertiary alicyclic amines) is 1. The van der Waals surface area contributed by atoms with Crippen molar-refractivity contribution in [3.05, 3.63) is 23.8 Å². The number of rotatable bonds is 4. The maximum atomic E-state index is 12.4. The van der Waals surface area contributed by atoms with E-state index in [0.29, 0.717) is 38.5 Å². The van der Waals surface area contributed by atoms with Crippen molar-refractivity contribution in [1.82, 2.24) is 10.2 Å². The summed E-state index contributed by atoms with van der Waals surface area (Å²) in [4.78, 5) is 25.9. The quantitative estimate of drug-likeness (QED) is 0.913. The number of carbonyl (C=O) groups excluding carboxylic acids is 2. The number of nitrogens with zero attached hydrogens (tertiary/aromatic N) is 1. The van der Waals surface area contributed by atoms with Crippen LogP contribution in [0.4, 0.5) is 0 Å². The number of benzene rings is 1. The number of ether oxygens (including phenoxy) is 2. The van der Waals surface area contributed by atoms with Gasteiger partial charge in [-0.2, -0.15) is 0 Å². The highest BCUT2D eigenvalue weighted by Gasteiger charge is 2.33. The van der Waals surface area contributed by atoms with Crippen LogP contribution in [0.15, 0.2) is 18.2 Å². The highest BCUT2D eigenvalue weighted by Crippen LogP contribution is 2.32. The number of hydrogen-bond acceptors (Lipinski definition) is 4. The Bertz CT molecular complexity index is 617. The van der Waals surface area contributed by atoms with Gasteiger partial charge in [-0.3, -0.25) is 9.59 Å². The van der Waals surface area contributed by atoms with Gasteiger partial charge in [0.1, 0.15) is 13.2 Å². The first kappa shape index (κ1) is 15.6. The summed E-state index contributed by atoms with van der Waals surface area (Å²) in [6.45, 7) is 6.11. The van der Waals surface area contributed by atoms with E-state index < -0.39 is 0 Å². The largest absolute Gasteiger partial charge is 0.486 e. The summed E-state index contributed by atoms with van der Waals surface area (Å²) < 4.78 is 11.1. The Labute approximate surface area is 135 Å². The molecule has 0 spiro atoms. The smallest absolute Gasteiger partial charge is 0.225 e. The van der Waals surface area contributed by atoms with Gasteiger partial charge in [-0.05, 0) is 31.5 Å². The molecule has 6 nitrogen and oxygen atoms in total. The average Bonchev–Trinajstić information content (AvgIpc) is 2.95. The molecule has 1 N–H and O–H groups in total. The van der Waals surface area contributed by atoms with Gasteiger partial charge in [-0.1, -0.05) is 6.07 Å². The Morgan fingerprint density at radius 2 is 2.09 bits per heavy atom. The van der Waals surface area contributed by atoms with Crippen molar-refractivity contribution >= 4 is 11.8 Å². The van der Waals surface area contributed by atoms with E-state index in [-0.39, 0.29) is 23.8 Å². The fraction of sp³-hybridized carbons (Fsp3) is 0.529. The van der Waals surface area contributed by atoms with Gasteiger partial charge in [0, 0.05) is 19.5 Å². The Hall–Kier alpha value is -2.24. The number of fused-ring (bicyclic) bond motifs is 1. The first-order chi connectivity index (χ1) is 11.1. The topological polar surface area (TPSA) is 67.9 Å². The Kier molecular flexibility index (Phi) is 4.41. The van der Waals surface area contributed by atoms with Crippen molar-refractivity contribution in [2.75, 3.05) is 26.3 Å². The van der Waals surface area contributed by atoms with Crippen LogP contribution in [0.5, 0.6) is 11.5 Å². The molecule has 0 saturated carbocycles. The highest BCUT2D eigenvalue weighted by atomic mass is 16.6. The SMILES string of the molecule is CCN1CC(C(=O)NC(C)c2ccc3c(c2)OCCO3)CC1=O. The van der Waals surface area contributed by atoms with Crippen LogP contribution in [0.1, 0.15) is 31.9 Å². The minimum Gasteiger partial charge on any atom is -0.486 e. The molecule has 1 aromatic carbocycles. The van der Waals surface area contributed by atoms with Crippen molar-refractivity contribution in [2.24, 2.45) is 5.92 Å². The molecule has 0 aromatic heterocycles. The van der Waals surface area contributed by atoms with Crippen LogP contribution in [0.3, 0.4) is 0 Å². The van der Waals surface area contributed by atoms with E-state index in [2.05, 4.69) is 5.32 Å². The van der Waals surface area contributed by atoms with Gasteiger partial charge in [0.05, 0.1) is 12.0 Å². The van der Waals surface area contributed by atoms with Crippen LogP contribution in [0.25, 0.3) is 0 Å². The molecule has 0 bridgehead atoms. The van der Waals surface area contributed by atoms with Gasteiger partial charge in [0.2, 0.25) is 11.8 Å². The molecule has 1 aromatic rings. The van der Waals surface area contributed by atoms with Crippen LogP contribution >= 0.6 is 0 Å². The summed E-state index contributed by atoms with van der Waals surface area (Å²) in [5, 5.41) is 3.00. The minimum atomic E-state index is -0.262. The molecule has 2 amide bonds. The second-order valence-corrected chi connectivity index (χ2v) is 5.97. The molecule has 6 heteroatoms. The maximum Gasteiger partial charge on any atom is 0.225 e. The van der Waals surface area contributed by atoms with Crippen molar-refractivity contribution in [3.8, 4) is 11.5 Å². The third-order valence-corrected chi connectivity index (χ3v) is 4.39. The lowest BCUT2D eigenvalue weighted by molar-refractivity contribution is -0.129. The van der Waals surface area contributed by atoms with Gasteiger partial charge in [-0.15, -0.1) is 0 Å². The van der Waals surface area contributed by atoms with E-state index >= 15 is 0 Å². The molecule has 2 aliphatic rings.